The van der Waals surface area contributed by atoms with E-state index in [1.807, 2.05) is 37.3 Å². The molecule has 1 aliphatic rings. The average Bonchev–Trinajstić information content (AvgIpc) is 3.50. The van der Waals surface area contributed by atoms with Crippen molar-refractivity contribution in [3.8, 4) is 5.75 Å². The van der Waals surface area contributed by atoms with Crippen molar-refractivity contribution in [3.05, 3.63) is 90.0 Å². The number of methoxy groups -OCH3 is 1. The number of nitrogens with zero attached hydrogens (tertiary/aromatic N) is 2. The molecule has 0 unspecified atom stereocenters. The van der Waals surface area contributed by atoms with Crippen molar-refractivity contribution in [2.45, 2.75) is 62.9 Å². The average molecular weight is 578 g/mol. The zero-order valence-electron chi connectivity index (χ0n) is 24.0. The molecular weight excluding hydrogens is 538 g/mol. The molecule has 3 aromatic carbocycles. The summed E-state index contributed by atoms with van der Waals surface area (Å²) in [6.45, 7) is 3.44. The number of sulfonamides is 1. The van der Waals surface area contributed by atoms with E-state index in [0.717, 1.165) is 41.1 Å². The Morgan fingerprint density at radius 3 is 2.20 bits per heavy atom. The van der Waals surface area contributed by atoms with E-state index in [9.17, 15) is 18.0 Å². The predicted octanol–water partition coefficient (Wildman–Crippen LogP) is 4.72. The van der Waals surface area contributed by atoms with Gasteiger partial charge in [-0.25, -0.2) is 8.42 Å². The number of anilines is 1. The lowest BCUT2D eigenvalue weighted by Gasteiger charge is -2.32. The smallest absolute Gasteiger partial charge is 0.264 e. The summed E-state index contributed by atoms with van der Waals surface area (Å²) in [4.78, 5) is 28.8. The second kappa shape index (κ2) is 13.7. The lowest BCUT2D eigenvalue weighted by molar-refractivity contribution is -0.139. The van der Waals surface area contributed by atoms with E-state index >= 15 is 0 Å². The fourth-order valence-corrected chi connectivity index (χ4v) is 6.49. The number of hydrogen-bond acceptors (Lipinski definition) is 5. The van der Waals surface area contributed by atoms with Crippen LogP contribution < -0.4 is 14.4 Å². The van der Waals surface area contributed by atoms with E-state index in [1.165, 1.54) is 24.1 Å². The molecule has 0 heterocycles. The lowest BCUT2D eigenvalue weighted by Crippen LogP contribution is -2.53. The Morgan fingerprint density at radius 2 is 1.59 bits per heavy atom. The molecule has 1 atom stereocenters. The Labute approximate surface area is 243 Å². The third kappa shape index (κ3) is 7.67. The van der Waals surface area contributed by atoms with Gasteiger partial charge in [-0.1, -0.05) is 60.9 Å². The van der Waals surface area contributed by atoms with Crippen LogP contribution in [0.5, 0.6) is 5.75 Å². The van der Waals surface area contributed by atoms with Gasteiger partial charge >= 0.3 is 0 Å². The molecule has 0 aliphatic heterocycles. The Hall–Kier alpha value is -3.85. The fourth-order valence-electron chi connectivity index (χ4n) is 5.08. The van der Waals surface area contributed by atoms with Gasteiger partial charge in [-0.2, -0.15) is 0 Å². The van der Waals surface area contributed by atoms with E-state index in [1.54, 1.807) is 43.3 Å². The Kier molecular flexibility index (Phi) is 10.0. The first-order valence-corrected chi connectivity index (χ1v) is 15.5. The van der Waals surface area contributed by atoms with E-state index in [-0.39, 0.29) is 23.4 Å². The van der Waals surface area contributed by atoms with E-state index in [4.69, 9.17) is 4.74 Å². The van der Waals surface area contributed by atoms with Gasteiger partial charge in [-0.15, -0.1) is 0 Å². The molecule has 2 amide bonds. The highest BCUT2D eigenvalue weighted by molar-refractivity contribution is 7.92. The number of benzene rings is 3. The zero-order valence-corrected chi connectivity index (χ0v) is 24.8. The topological polar surface area (TPSA) is 96.0 Å². The maximum Gasteiger partial charge on any atom is 0.264 e. The van der Waals surface area contributed by atoms with Crippen molar-refractivity contribution in [3.63, 3.8) is 0 Å². The standard InChI is InChI=1S/C32H39N3O5S/c1-24-13-15-28(16-14-24)35(41(38,39)30-19-17-29(40-3)18-20-30)23-31(36)34(22-21-26-9-5-4-6-10-26)25(2)32(37)33-27-11-7-8-12-27/h4-6,9-10,13-20,25,27H,7-8,11-12,21-23H2,1-3H3,(H,33,37)/t25-/m0/s1. The van der Waals surface area contributed by atoms with E-state index in [0.29, 0.717) is 17.9 Å². The molecule has 4 rings (SSSR count). The van der Waals surface area contributed by atoms with Crippen molar-refractivity contribution in [2.24, 2.45) is 0 Å². The van der Waals surface area contributed by atoms with Gasteiger partial charge in [0.2, 0.25) is 11.8 Å². The minimum atomic E-state index is -4.12. The van der Waals surface area contributed by atoms with Crippen LogP contribution >= 0.6 is 0 Å². The van der Waals surface area contributed by atoms with Gasteiger partial charge in [0.15, 0.2) is 0 Å². The molecule has 0 aromatic heterocycles. The van der Waals surface area contributed by atoms with Crippen molar-refractivity contribution in [1.82, 2.24) is 10.2 Å². The van der Waals surface area contributed by atoms with Crippen LogP contribution in [0.3, 0.4) is 0 Å². The fraction of sp³-hybridized carbons (Fsp3) is 0.375. The summed E-state index contributed by atoms with van der Waals surface area (Å²) in [5.41, 5.74) is 2.35. The van der Waals surface area contributed by atoms with Gasteiger partial charge in [-0.3, -0.25) is 13.9 Å². The Morgan fingerprint density at radius 1 is 0.951 bits per heavy atom. The molecule has 3 aromatic rings. The Bertz CT molecular complexity index is 1400. The second-order valence-electron chi connectivity index (χ2n) is 10.5. The highest BCUT2D eigenvalue weighted by Gasteiger charge is 2.33. The van der Waals surface area contributed by atoms with Crippen LogP contribution in [0.25, 0.3) is 0 Å². The summed E-state index contributed by atoms with van der Waals surface area (Å²) < 4.78 is 34.2. The van der Waals surface area contributed by atoms with Gasteiger partial charge in [0, 0.05) is 12.6 Å². The minimum Gasteiger partial charge on any atom is -0.497 e. The molecule has 9 heteroatoms. The maximum absolute atomic E-state index is 14.0. The van der Waals surface area contributed by atoms with Crippen molar-refractivity contribution in [2.75, 3.05) is 24.5 Å². The molecule has 218 valence electrons. The quantitative estimate of drug-likeness (QED) is 0.336. The summed E-state index contributed by atoms with van der Waals surface area (Å²) in [7, 11) is -2.61. The van der Waals surface area contributed by atoms with E-state index < -0.39 is 28.5 Å². The third-order valence-corrected chi connectivity index (χ3v) is 9.39. The van der Waals surface area contributed by atoms with Crippen LogP contribution in [-0.4, -0.2) is 57.4 Å². The van der Waals surface area contributed by atoms with Gasteiger partial charge in [0.1, 0.15) is 18.3 Å². The molecule has 0 bridgehead atoms. The SMILES string of the molecule is COc1ccc(S(=O)(=O)N(CC(=O)N(CCc2ccccc2)[C@@H](C)C(=O)NC2CCCC2)c2ccc(C)cc2)cc1. The summed E-state index contributed by atoms with van der Waals surface area (Å²) >= 11 is 0. The molecule has 0 radical (unpaired) electrons. The predicted molar refractivity (Wildman–Crippen MR) is 160 cm³/mol. The van der Waals surface area contributed by atoms with Crippen molar-refractivity contribution in [1.29, 1.82) is 0 Å². The molecule has 1 N–H and O–H groups in total. The molecule has 1 saturated carbocycles. The van der Waals surface area contributed by atoms with Gasteiger partial charge < -0.3 is 15.0 Å². The van der Waals surface area contributed by atoms with Gasteiger partial charge in [-0.05, 0) is 75.1 Å². The number of rotatable bonds is 12. The lowest BCUT2D eigenvalue weighted by atomic mass is 10.1. The summed E-state index contributed by atoms with van der Waals surface area (Å²) in [5, 5.41) is 3.09. The first kappa shape index (κ1) is 30.1. The normalized spacial score (nSPS) is 14.3. The number of carbonyl (C=O) groups excluding carboxylic acids is 2. The van der Waals surface area contributed by atoms with E-state index in [2.05, 4.69) is 5.32 Å². The third-order valence-electron chi connectivity index (χ3n) is 7.60. The van der Waals surface area contributed by atoms with Crippen LogP contribution in [0, 0.1) is 6.92 Å². The number of nitrogens with one attached hydrogen (secondary N) is 1. The first-order chi connectivity index (χ1) is 19.7. The number of hydrogen-bond donors (Lipinski definition) is 1. The largest absolute Gasteiger partial charge is 0.497 e. The zero-order chi connectivity index (χ0) is 29.4. The van der Waals surface area contributed by atoms with Gasteiger partial charge in [0.05, 0.1) is 17.7 Å². The number of ether oxygens (including phenoxy) is 1. The number of aryl methyl sites for hydroxylation is 1. The monoisotopic (exact) mass is 577 g/mol. The summed E-state index contributed by atoms with van der Waals surface area (Å²) in [5.74, 6) is -0.151. The second-order valence-corrected chi connectivity index (χ2v) is 12.4. The first-order valence-electron chi connectivity index (χ1n) is 14.1. The van der Waals surface area contributed by atoms with Crippen molar-refractivity contribution >= 4 is 27.5 Å². The molecule has 0 spiro atoms. The summed E-state index contributed by atoms with van der Waals surface area (Å²) in [6, 6.07) is 22.1. The molecule has 1 aliphatic carbocycles. The van der Waals surface area contributed by atoms with Crippen LogP contribution in [0.1, 0.15) is 43.7 Å². The van der Waals surface area contributed by atoms with Crippen LogP contribution in [-0.2, 0) is 26.0 Å². The highest BCUT2D eigenvalue weighted by atomic mass is 32.2. The summed E-state index contributed by atoms with van der Waals surface area (Å²) in [6.07, 6.45) is 4.54. The van der Waals surface area contributed by atoms with Crippen molar-refractivity contribution < 1.29 is 22.7 Å². The Balaban J connectivity index is 1.64. The molecule has 8 nitrogen and oxygen atoms in total. The minimum absolute atomic E-state index is 0.0366. The molecule has 41 heavy (non-hydrogen) atoms. The van der Waals surface area contributed by atoms with Crippen LogP contribution in [0.15, 0.2) is 83.8 Å². The number of amides is 2. The highest BCUT2D eigenvalue weighted by Crippen LogP contribution is 2.26. The van der Waals surface area contributed by atoms with Crippen LogP contribution in [0.4, 0.5) is 5.69 Å². The molecule has 1 fully saturated rings. The number of carbonyl (C=O) groups is 2. The molecule has 0 saturated heterocycles. The van der Waals surface area contributed by atoms with Gasteiger partial charge in [0.25, 0.3) is 10.0 Å². The maximum atomic E-state index is 14.0. The molecular formula is C32H39N3O5S. The van der Waals surface area contributed by atoms with Crippen LogP contribution in [0.2, 0.25) is 0 Å².